The molecule has 1 atom stereocenters. The van der Waals surface area contributed by atoms with Gasteiger partial charge in [0, 0.05) is 19.0 Å². The number of nitrogens with zero attached hydrogens (tertiary/aromatic N) is 2. The van der Waals surface area contributed by atoms with Crippen LogP contribution in [0.15, 0.2) is 6.07 Å². The number of hydrogen-bond donors (Lipinski definition) is 1. The second-order valence-corrected chi connectivity index (χ2v) is 5.09. The van der Waals surface area contributed by atoms with Crippen LogP contribution in [0.4, 0.5) is 0 Å². The van der Waals surface area contributed by atoms with E-state index in [4.69, 9.17) is 4.74 Å². The van der Waals surface area contributed by atoms with E-state index in [1.807, 2.05) is 19.9 Å². The monoisotopic (exact) mass is 331 g/mol. The average molecular weight is 332 g/mol. The van der Waals surface area contributed by atoms with Crippen molar-refractivity contribution in [2.45, 2.75) is 39.3 Å². The lowest BCUT2D eigenvalue weighted by Crippen LogP contribution is -2.39. The van der Waals surface area contributed by atoms with Gasteiger partial charge in [-0.25, -0.2) is 0 Å². The minimum atomic E-state index is -0.0861. The van der Waals surface area contributed by atoms with Gasteiger partial charge in [-0.05, 0) is 25.8 Å². The summed E-state index contributed by atoms with van der Waals surface area (Å²) < 4.78 is 6.86. The molecule has 0 spiro atoms. The van der Waals surface area contributed by atoms with Gasteiger partial charge in [0.05, 0.1) is 18.3 Å². The lowest BCUT2D eigenvalue weighted by atomic mass is 10.2. The SMILES string of the molecule is CCc1cc(C(=O)NC(CCBr)COC)n(CC)n1. The Morgan fingerprint density at radius 1 is 1.58 bits per heavy atom. The number of amides is 1. The number of carbonyl (C=O) groups is 1. The van der Waals surface area contributed by atoms with Gasteiger partial charge in [-0.2, -0.15) is 5.10 Å². The van der Waals surface area contributed by atoms with E-state index in [1.165, 1.54) is 0 Å². The molecule has 0 saturated heterocycles. The molecule has 0 saturated carbocycles. The van der Waals surface area contributed by atoms with Gasteiger partial charge in [0.2, 0.25) is 0 Å². The van der Waals surface area contributed by atoms with Gasteiger partial charge >= 0.3 is 0 Å². The first-order valence-electron chi connectivity index (χ1n) is 6.58. The van der Waals surface area contributed by atoms with Crippen molar-refractivity contribution in [1.82, 2.24) is 15.1 Å². The van der Waals surface area contributed by atoms with Gasteiger partial charge in [0.25, 0.3) is 5.91 Å². The molecular weight excluding hydrogens is 310 g/mol. The smallest absolute Gasteiger partial charge is 0.269 e. The molecule has 1 aromatic rings. The molecule has 1 heterocycles. The van der Waals surface area contributed by atoms with Gasteiger partial charge in [0.15, 0.2) is 0 Å². The molecule has 0 fully saturated rings. The third-order valence-corrected chi connectivity index (χ3v) is 3.34. The van der Waals surface area contributed by atoms with Crippen molar-refractivity contribution in [2.24, 2.45) is 0 Å². The molecule has 0 aromatic carbocycles. The van der Waals surface area contributed by atoms with Crippen LogP contribution >= 0.6 is 15.9 Å². The molecule has 1 N–H and O–H groups in total. The van der Waals surface area contributed by atoms with Crippen molar-refractivity contribution in [3.05, 3.63) is 17.5 Å². The highest BCUT2D eigenvalue weighted by molar-refractivity contribution is 9.09. The molecular formula is C13H22BrN3O2. The molecule has 1 amide bonds. The number of methoxy groups -OCH3 is 1. The largest absolute Gasteiger partial charge is 0.383 e. The minimum Gasteiger partial charge on any atom is -0.383 e. The molecule has 108 valence electrons. The van der Waals surface area contributed by atoms with E-state index in [1.54, 1.807) is 11.8 Å². The second kappa shape index (κ2) is 8.32. The van der Waals surface area contributed by atoms with Crippen LogP contribution in [0.3, 0.4) is 0 Å². The Bertz CT molecular complexity index is 401. The maximum atomic E-state index is 12.3. The van der Waals surface area contributed by atoms with Gasteiger partial charge in [-0.1, -0.05) is 22.9 Å². The number of halogens is 1. The first-order valence-corrected chi connectivity index (χ1v) is 7.70. The first-order chi connectivity index (χ1) is 9.15. The number of ether oxygens (including phenoxy) is 1. The third kappa shape index (κ3) is 4.62. The van der Waals surface area contributed by atoms with Crippen molar-refractivity contribution < 1.29 is 9.53 Å². The standard InChI is InChI=1S/C13H22BrN3O2/c1-4-10-8-12(17(5-2)16-10)13(18)15-11(6-7-14)9-19-3/h8,11H,4-7,9H2,1-3H3,(H,15,18). The van der Waals surface area contributed by atoms with Crippen LogP contribution in [0, 0.1) is 0 Å². The van der Waals surface area contributed by atoms with Crippen LogP contribution in [-0.4, -0.2) is 40.8 Å². The summed E-state index contributed by atoms with van der Waals surface area (Å²) in [6, 6.07) is 1.87. The molecule has 0 bridgehead atoms. The van der Waals surface area contributed by atoms with E-state index in [-0.39, 0.29) is 11.9 Å². The molecule has 1 unspecified atom stereocenters. The van der Waals surface area contributed by atoms with Gasteiger partial charge in [-0.3, -0.25) is 9.48 Å². The van der Waals surface area contributed by atoms with E-state index >= 15 is 0 Å². The molecule has 0 aliphatic rings. The van der Waals surface area contributed by atoms with Crippen LogP contribution in [-0.2, 0) is 17.7 Å². The van der Waals surface area contributed by atoms with E-state index in [2.05, 4.69) is 26.3 Å². The van der Waals surface area contributed by atoms with Crippen LogP contribution in [0.5, 0.6) is 0 Å². The molecule has 19 heavy (non-hydrogen) atoms. The first kappa shape index (κ1) is 16.2. The summed E-state index contributed by atoms with van der Waals surface area (Å²) in [6.07, 6.45) is 1.66. The molecule has 5 nitrogen and oxygen atoms in total. The highest BCUT2D eigenvalue weighted by atomic mass is 79.9. The fourth-order valence-corrected chi connectivity index (χ4v) is 2.41. The topological polar surface area (TPSA) is 56.1 Å². The quantitative estimate of drug-likeness (QED) is 0.741. The number of carbonyl (C=O) groups excluding carboxylic acids is 1. The molecule has 6 heteroatoms. The number of hydrogen-bond acceptors (Lipinski definition) is 3. The van der Waals surface area contributed by atoms with Crippen LogP contribution in [0.1, 0.15) is 36.5 Å². The molecule has 0 radical (unpaired) electrons. The lowest BCUT2D eigenvalue weighted by molar-refractivity contribution is 0.0885. The summed E-state index contributed by atoms with van der Waals surface area (Å²) in [7, 11) is 1.64. The fraction of sp³-hybridized carbons (Fsp3) is 0.692. The number of aromatic nitrogens is 2. The average Bonchev–Trinajstić information content (AvgIpc) is 2.82. The van der Waals surface area contributed by atoms with Crippen molar-refractivity contribution in [1.29, 1.82) is 0 Å². The Labute approximate surface area is 122 Å². The van der Waals surface area contributed by atoms with Gasteiger partial charge < -0.3 is 10.1 Å². The zero-order valence-electron chi connectivity index (χ0n) is 11.8. The molecule has 1 aromatic heterocycles. The Hall–Kier alpha value is -0.880. The third-order valence-electron chi connectivity index (χ3n) is 2.89. The van der Waals surface area contributed by atoms with Crippen LogP contribution in [0.25, 0.3) is 0 Å². The lowest BCUT2D eigenvalue weighted by Gasteiger charge is -2.16. The maximum Gasteiger partial charge on any atom is 0.269 e. The highest BCUT2D eigenvalue weighted by Gasteiger charge is 2.17. The predicted octanol–water partition coefficient (Wildman–Crippen LogP) is 2.00. The summed E-state index contributed by atoms with van der Waals surface area (Å²) in [4.78, 5) is 12.3. The second-order valence-electron chi connectivity index (χ2n) is 4.29. The highest BCUT2D eigenvalue weighted by Crippen LogP contribution is 2.07. The maximum absolute atomic E-state index is 12.3. The summed E-state index contributed by atoms with van der Waals surface area (Å²) >= 11 is 3.39. The Morgan fingerprint density at radius 2 is 2.32 bits per heavy atom. The van der Waals surface area contributed by atoms with Crippen LogP contribution in [0.2, 0.25) is 0 Å². The summed E-state index contributed by atoms with van der Waals surface area (Å²) in [5, 5.41) is 8.20. The van der Waals surface area contributed by atoms with Crippen molar-refractivity contribution in [3.8, 4) is 0 Å². The van der Waals surface area contributed by atoms with E-state index < -0.39 is 0 Å². The summed E-state index contributed by atoms with van der Waals surface area (Å²) in [5.41, 5.74) is 1.56. The van der Waals surface area contributed by atoms with Crippen LogP contribution < -0.4 is 5.32 Å². The van der Waals surface area contributed by atoms with E-state index in [0.29, 0.717) is 18.8 Å². The number of nitrogens with one attached hydrogen (secondary N) is 1. The zero-order valence-corrected chi connectivity index (χ0v) is 13.4. The molecule has 0 aliphatic heterocycles. The molecule has 1 rings (SSSR count). The Balaban J connectivity index is 2.77. The fourth-order valence-electron chi connectivity index (χ4n) is 1.86. The normalized spacial score (nSPS) is 12.4. The van der Waals surface area contributed by atoms with Gasteiger partial charge in [0.1, 0.15) is 5.69 Å². The Kier molecular flexibility index (Phi) is 7.09. The number of rotatable bonds is 8. The predicted molar refractivity (Wildman–Crippen MR) is 78.8 cm³/mol. The van der Waals surface area contributed by atoms with Crippen molar-refractivity contribution >= 4 is 21.8 Å². The number of alkyl halides is 1. The van der Waals surface area contributed by atoms with Gasteiger partial charge in [-0.15, -0.1) is 0 Å². The Morgan fingerprint density at radius 3 is 2.84 bits per heavy atom. The summed E-state index contributed by atoms with van der Waals surface area (Å²) in [5.74, 6) is -0.0861. The van der Waals surface area contributed by atoms with Crippen molar-refractivity contribution in [3.63, 3.8) is 0 Å². The summed E-state index contributed by atoms with van der Waals surface area (Å²) in [6.45, 7) is 5.21. The molecule has 0 aliphatic carbocycles. The number of aryl methyl sites for hydroxylation is 2. The zero-order chi connectivity index (χ0) is 14.3. The van der Waals surface area contributed by atoms with Crippen molar-refractivity contribution in [2.75, 3.05) is 19.0 Å². The van der Waals surface area contributed by atoms with E-state index in [0.717, 1.165) is 23.9 Å². The minimum absolute atomic E-state index is 0.0159. The van der Waals surface area contributed by atoms with E-state index in [9.17, 15) is 4.79 Å².